The fourth-order valence-corrected chi connectivity index (χ4v) is 1.84. The third-order valence-corrected chi connectivity index (χ3v) is 2.55. The minimum absolute atomic E-state index is 0.0851. The molecule has 0 amide bonds. The lowest BCUT2D eigenvalue weighted by Crippen LogP contribution is -2.02. The van der Waals surface area contributed by atoms with Gasteiger partial charge < -0.3 is 0 Å². The molecule has 0 aromatic heterocycles. The Labute approximate surface area is 71.5 Å². The molecular formula is C5H12O4S2. The fourth-order valence-electron chi connectivity index (χ4n) is 0.571. The molecule has 11 heavy (non-hydrogen) atoms. The quantitative estimate of drug-likeness (QED) is 0.540. The Balaban J connectivity index is 3.54. The van der Waals surface area contributed by atoms with Crippen molar-refractivity contribution in [3.05, 3.63) is 0 Å². The summed E-state index contributed by atoms with van der Waals surface area (Å²) in [6.07, 6.45) is 1.82. The van der Waals surface area contributed by atoms with Crippen LogP contribution in [0.5, 0.6) is 0 Å². The van der Waals surface area contributed by atoms with E-state index in [4.69, 9.17) is 4.55 Å². The van der Waals surface area contributed by atoms with E-state index in [0.29, 0.717) is 0 Å². The van der Waals surface area contributed by atoms with Crippen LogP contribution >= 0.6 is 12.0 Å². The Hall–Kier alpha value is 0.220. The van der Waals surface area contributed by atoms with Gasteiger partial charge in [0.15, 0.2) is 0 Å². The second-order valence-corrected chi connectivity index (χ2v) is 4.59. The molecule has 1 N–H and O–H groups in total. The van der Waals surface area contributed by atoms with Gasteiger partial charge in [-0.3, -0.25) is 4.55 Å². The lowest BCUT2D eigenvalue weighted by molar-refractivity contribution is 0.406. The van der Waals surface area contributed by atoms with Gasteiger partial charge >= 0.3 is 10.4 Å². The van der Waals surface area contributed by atoms with Gasteiger partial charge in [0.2, 0.25) is 0 Å². The zero-order chi connectivity index (χ0) is 8.91. The van der Waals surface area contributed by atoms with E-state index < -0.39 is 10.4 Å². The van der Waals surface area contributed by atoms with Gasteiger partial charge in [-0.1, -0.05) is 20.3 Å². The number of hydrogen-bond donors (Lipinski definition) is 1. The third-order valence-electron chi connectivity index (χ3n) is 0.985. The Kier molecular flexibility index (Phi) is 5.07. The van der Waals surface area contributed by atoms with Crippen molar-refractivity contribution < 1.29 is 16.6 Å². The van der Waals surface area contributed by atoms with Crippen molar-refractivity contribution in [2.75, 3.05) is 0 Å². The summed E-state index contributed by atoms with van der Waals surface area (Å²) in [6, 6.07) is 0. The van der Waals surface area contributed by atoms with Crippen LogP contribution in [0.1, 0.15) is 26.7 Å². The maximum absolute atomic E-state index is 10.1. The van der Waals surface area contributed by atoms with Crippen molar-refractivity contribution in [3.63, 3.8) is 0 Å². The van der Waals surface area contributed by atoms with E-state index in [1.165, 1.54) is 0 Å². The normalized spacial score (nSPS) is 14.8. The van der Waals surface area contributed by atoms with Crippen molar-refractivity contribution >= 4 is 22.4 Å². The van der Waals surface area contributed by atoms with Crippen LogP contribution < -0.4 is 0 Å². The molecule has 0 saturated heterocycles. The largest absolute Gasteiger partial charge is 0.408 e. The summed E-state index contributed by atoms with van der Waals surface area (Å²) < 4.78 is 32.4. The highest BCUT2D eigenvalue weighted by atomic mass is 32.3. The van der Waals surface area contributed by atoms with Gasteiger partial charge in [0.1, 0.15) is 0 Å². The number of hydrogen-bond acceptors (Lipinski definition) is 4. The van der Waals surface area contributed by atoms with Crippen molar-refractivity contribution in [3.8, 4) is 0 Å². The van der Waals surface area contributed by atoms with Crippen molar-refractivity contribution in [2.24, 2.45) is 0 Å². The minimum Gasteiger partial charge on any atom is -0.263 e. The Morgan fingerprint density at radius 3 is 2.55 bits per heavy atom. The van der Waals surface area contributed by atoms with E-state index in [1.54, 1.807) is 0 Å². The summed E-state index contributed by atoms with van der Waals surface area (Å²) in [7, 11) is -4.27. The van der Waals surface area contributed by atoms with Gasteiger partial charge in [-0.2, -0.15) is 12.0 Å². The van der Waals surface area contributed by atoms with E-state index >= 15 is 0 Å². The second-order valence-electron chi connectivity index (χ2n) is 2.19. The van der Waals surface area contributed by atoms with Crippen LogP contribution in [0.4, 0.5) is 0 Å². The molecule has 0 bridgehead atoms. The molecule has 0 aromatic carbocycles. The molecule has 1 unspecified atom stereocenters. The molecular weight excluding hydrogens is 188 g/mol. The fraction of sp³-hybridized carbons (Fsp3) is 1.00. The second kappa shape index (κ2) is 4.97. The topological polar surface area (TPSA) is 63.6 Å². The summed E-state index contributed by atoms with van der Waals surface area (Å²) in [5.74, 6) is 0. The van der Waals surface area contributed by atoms with Gasteiger partial charge in [0, 0.05) is 17.3 Å². The van der Waals surface area contributed by atoms with Crippen molar-refractivity contribution in [2.45, 2.75) is 31.9 Å². The summed E-state index contributed by atoms with van der Waals surface area (Å²) in [5, 5.41) is 0.0851. The molecule has 4 nitrogen and oxygen atoms in total. The van der Waals surface area contributed by atoms with Gasteiger partial charge in [0.25, 0.3) is 0 Å². The first-order valence-corrected chi connectivity index (χ1v) is 5.45. The monoisotopic (exact) mass is 200 g/mol. The molecule has 68 valence electrons. The van der Waals surface area contributed by atoms with Gasteiger partial charge in [-0.05, 0) is 6.42 Å². The smallest absolute Gasteiger partial charge is 0.263 e. The van der Waals surface area contributed by atoms with Crippen LogP contribution in [-0.4, -0.2) is 18.2 Å². The van der Waals surface area contributed by atoms with E-state index in [-0.39, 0.29) is 5.25 Å². The zero-order valence-electron chi connectivity index (χ0n) is 6.48. The summed E-state index contributed by atoms with van der Waals surface area (Å²) in [6.45, 7) is 3.82. The summed E-state index contributed by atoms with van der Waals surface area (Å²) >= 11 is 0.770. The average molecular weight is 200 g/mol. The molecule has 0 fully saturated rings. The van der Waals surface area contributed by atoms with E-state index in [1.807, 2.05) is 13.8 Å². The first-order chi connectivity index (χ1) is 4.95. The third kappa shape index (κ3) is 8.12. The number of rotatable bonds is 5. The Bertz CT molecular complexity index is 187. The summed E-state index contributed by atoms with van der Waals surface area (Å²) in [4.78, 5) is 0. The molecule has 0 radical (unpaired) electrons. The van der Waals surface area contributed by atoms with Crippen molar-refractivity contribution in [1.29, 1.82) is 0 Å². The first-order valence-electron chi connectivity index (χ1n) is 3.28. The van der Waals surface area contributed by atoms with Crippen LogP contribution in [0, 0.1) is 0 Å². The van der Waals surface area contributed by atoms with Crippen LogP contribution in [0.3, 0.4) is 0 Å². The molecule has 0 rings (SSSR count). The van der Waals surface area contributed by atoms with Gasteiger partial charge in [-0.15, -0.1) is 0 Å². The minimum atomic E-state index is -4.27. The maximum Gasteiger partial charge on any atom is 0.408 e. The predicted molar refractivity (Wildman–Crippen MR) is 44.6 cm³/mol. The Morgan fingerprint density at radius 2 is 2.18 bits per heavy atom. The highest BCUT2D eigenvalue weighted by Crippen LogP contribution is 2.18. The van der Waals surface area contributed by atoms with Crippen LogP contribution in [-0.2, 0) is 14.0 Å². The SMILES string of the molecule is CCCC(C)SOS(=O)(=O)O. The van der Waals surface area contributed by atoms with Crippen molar-refractivity contribution in [1.82, 2.24) is 0 Å². The average Bonchev–Trinajstić information content (AvgIpc) is 1.83. The van der Waals surface area contributed by atoms with Crippen LogP contribution in [0.15, 0.2) is 0 Å². The lowest BCUT2D eigenvalue weighted by Gasteiger charge is -2.05. The van der Waals surface area contributed by atoms with E-state index in [9.17, 15) is 8.42 Å². The molecule has 0 aliphatic heterocycles. The highest BCUT2D eigenvalue weighted by Gasteiger charge is 2.09. The highest BCUT2D eigenvalue weighted by molar-refractivity contribution is 8.03. The molecule has 6 heteroatoms. The molecule has 0 spiro atoms. The molecule has 0 saturated carbocycles. The van der Waals surface area contributed by atoms with Gasteiger partial charge in [-0.25, -0.2) is 0 Å². The zero-order valence-corrected chi connectivity index (χ0v) is 8.11. The van der Waals surface area contributed by atoms with Gasteiger partial charge in [0.05, 0.1) is 0 Å². The van der Waals surface area contributed by atoms with E-state index in [0.717, 1.165) is 24.9 Å². The molecule has 0 aromatic rings. The van der Waals surface area contributed by atoms with E-state index in [2.05, 4.69) is 3.63 Å². The molecule has 0 aliphatic carbocycles. The van der Waals surface area contributed by atoms with Crippen LogP contribution in [0.25, 0.3) is 0 Å². The predicted octanol–water partition coefficient (Wildman–Crippen LogP) is 1.64. The standard InChI is InChI=1S/C5H12O4S2/c1-3-4-5(2)10-9-11(6,7)8/h5H,3-4H2,1-2H3,(H,6,7,8). The first kappa shape index (κ1) is 11.2. The Morgan fingerprint density at radius 1 is 1.64 bits per heavy atom. The lowest BCUT2D eigenvalue weighted by atomic mass is 10.3. The maximum atomic E-state index is 10.1. The molecule has 1 atom stereocenters. The van der Waals surface area contributed by atoms with Crippen LogP contribution in [0.2, 0.25) is 0 Å². The molecule has 0 heterocycles. The summed E-state index contributed by atoms with van der Waals surface area (Å²) in [5.41, 5.74) is 0. The molecule has 0 aliphatic rings.